The van der Waals surface area contributed by atoms with Gasteiger partial charge in [-0.1, -0.05) is 13.8 Å². The lowest BCUT2D eigenvalue weighted by Gasteiger charge is -2.24. The number of carbonyl (C=O) groups is 1. The third-order valence-electron chi connectivity index (χ3n) is 5.53. The first-order valence-corrected chi connectivity index (χ1v) is 10.2. The molecule has 3 aromatic rings. The Kier molecular flexibility index (Phi) is 7.06. The largest absolute Gasteiger partial charge is 0.481 e. The molecule has 176 valence electrons. The highest BCUT2D eigenvalue weighted by molar-refractivity contribution is 5.92. The maximum absolute atomic E-state index is 14.0. The fraction of sp³-hybridized carbons (Fsp3) is 0.348. The molecule has 2 N–H and O–H groups in total. The fourth-order valence-corrected chi connectivity index (χ4v) is 3.75. The Bertz CT molecular complexity index is 1250. The van der Waals surface area contributed by atoms with Gasteiger partial charge in [0.05, 0.1) is 25.1 Å². The number of rotatable bonds is 8. The van der Waals surface area contributed by atoms with Crippen LogP contribution in [0.2, 0.25) is 0 Å². The Morgan fingerprint density at radius 1 is 1.15 bits per heavy atom. The topological polar surface area (TPSA) is 102 Å². The van der Waals surface area contributed by atoms with Crippen LogP contribution in [0, 0.1) is 23.4 Å². The number of aromatic nitrogens is 2. The minimum atomic E-state index is -1.44. The molecule has 0 bridgehead atoms. The zero-order chi connectivity index (χ0) is 24.4. The molecule has 0 fully saturated rings. The van der Waals surface area contributed by atoms with E-state index in [2.05, 4.69) is 4.98 Å². The molecular formula is C23H23F3N2O5. The summed E-state index contributed by atoms with van der Waals surface area (Å²) in [6, 6.07) is 1.96. The van der Waals surface area contributed by atoms with Crippen LogP contribution in [0.3, 0.4) is 0 Å². The lowest BCUT2D eigenvalue weighted by molar-refractivity contribution is 0.0694. The lowest BCUT2D eigenvalue weighted by atomic mass is 10.0. The lowest BCUT2D eigenvalue weighted by Crippen LogP contribution is -2.26. The van der Waals surface area contributed by atoms with Crippen molar-refractivity contribution in [3.8, 4) is 5.88 Å². The number of halogens is 3. The molecule has 0 aliphatic heterocycles. The summed E-state index contributed by atoms with van der Waals surface area (Å²) in [6.45, 7) is 3.31. The first kappa shape index (κ1) is 24.2. The highest BCUT2D eigenvalue weighted by atomic mass is 19.1. The predicted molar refractivity (Wildman–Crippen MR) is 114 cm³/mol. The number of ether oxygens (including phenoxy) is 1. The van der Waals surface area contributed by atoms with Crippen molar-refractivity contribution < 1.29 is 32.9 Å². The monoisotopic (exact) mass is 464 g/mol. The zero-order valence-corrected chi connectivity index (χ0v) is 18.2. The molecule has 0 saturated carbocycles. The van der Waals surface area contributed by atoms with E-state index in [9.17, 15) is 33.0 Å². The number of hydrogen-bond acceptors (Lipinski definition) is 5. The van der Waals surface area contributed by atoms with Crippen LogP contribution in [0.15, 0.2) is 29.2 Å². The number of pyridine rings is 2. The van der Waals surface area contributed by atoms with Gasteiger partial charge in [0.2, 0.25) is 11.3 Å². The summed E-state index contributed by atoms with van der Waals surface area (Å²) in [5.41, 5.74) is -1.21. The number of aryl methyl sites for hydroxylation is 1. The molecule has 1 aromatic carbocycles. The smallest absolute Gasteiger partial charge is 0.341 e. The van der Waals surface area contributed by atoms with Crippen molar-refractivity contribution in [3.05, 3.63) is 68.8 Å². The summed E-state index contributed by atoms with van der Waals surface area (Å²) in [5, 5.41) is 19.3. The van der Waals surface area contributed by atoms with Crippen LogP contribution in [-0.4, -0.2) is 39.5 Å². The quantitative estimate of drug-likeness (QED) is 0.529. The maximum Gasteiger partial charge on any atom is 0.341 e. The standard InChI is InChI=1S/C23H23F3N2O5/c1-11(2)19(10-29)28-9-16(23(31)32)20(30)15-6-12(22(33-3)27-21(15)28)4-5-14-17(25)7-13(24)8-18(14)26/h6-9,11,19,29H,4-5,10H2,1-3H3,(H,31,32)/t19-/m1/s1. The van der Waals surface area contributed by atoms with Crippen molar-refractivity contribution in [1.29, 1.82) is 0 Å². The maximum atomic E-state index is 14.0. The summed E-state index contributed by atoms with van der Waals surface area (Å²) in [6.07, 6.45) is 0.943. The molecule has 7 nitrogen and oxygen atoms in total. The number of methoxy groups -OCH3 is 1. The number of aliphatic hydroxyl groups is 1. The minimum absolute atomic E-state index is 0.0179. The van der Waals surface area contributed by atoms with Crippen molar-refractivity contribution in [2.45, 2.75) is 32.7 Å². The van der Waals surface area contributed by atoms with Gasteiger partial charge in [0.15, 0.2) is 0 Å². The molecule has 2 heterocycles. The molecule has 3 rings (SSSR count). The van der Waals surface area contributed by atoms with Crippen molar-refractivity contribution in [2.75, 3.05) is 13.7 Å². The van der Waals surface area contributed by atoms with E-state index >= 15 is 0 Å². The number of carboxylic acid groups (broad SMARTS) is 1. The first-order chi connectivity index (χ1) is 15.6. The van der Waals surface area contributed by atoms with Crippen molar-refractivity contribution in [3.63, 3.8) is 0 Å². The van der Waals surface area contributed by atoms with Crippen LogP contribution in [0.25, 0.3) is 11.0 Å². The van der Waals surface area contributed by atoms with Gasteiger partial charge in [0.1, 0.15) is 28.7 Å². The van der Waals surface area contributed by atoms with E-state index in [1.165, 1.54) is 17.7 Å². The molecule has 1 atom stereocenters. The molecule has 10 heteroatoms. The van der Waals surface area contributed by atoms with Crippen molar-refractivity contribution >= 4 is 17.0 Å². The van der Waals surface area contributed by atoms with Gasteiger partial charge < -0.3 is 19.5 Å². The SMILES string of the molecule is COc1nc2c(cc1CCc1c(F)cc(F)cc1F)c(=O)c(C(=O)O)cn2[C@H](CO)C(C)C. The number of aromatic carboxylic acids is 1. The number of carboxylic acids is 1. The normalized spacial score (nSPS) is 12.4. The van der Waals surface area contributed by atoms with E-state index < -0.39 is 40.5 Å². The van der Waals surface area contributed by atoms with E-state index in [-0.39, 0.29) is 47.8 Å². The zero-order valence-electron chi connectivity index (χ0n) is 18.2. The van der Waals surface area contributed by atoms with E-state index in [1.54, 1.807) is 0 Å². The Hall–Kier alpha value is -3.40. The number of nitrogens with zero attached hydrogens (tertiary/aromatic N) is 2. The summed E-state index contributed by atoms with van der Waals surface area (Å²) in [4.78, 5) is 28.9. The van der Waals surface area contributed by atoms with Gasteiger partial charge in [-0.05, 0) is 24.8 Å². The minimum Gasteiger partial charge on any atom is -0.481 e. The molecule has 0 amide bonds. The van der Waals surface area contributed by atoms with Crippen LogP contribution in [0.1, 0.15) is 41.4 Å². The van der Waals surface area contributed by atoms with E-state index in [0.29, 0.717) is 17.7 Å². The van der Waals surface area contributed by atoms with Crippen LogP contribution in [-0.2, 0) is 12.8 Å². The fourth-order valence-electron chi connectivity index (χ4n) is 3.75. The molecule has 0 aliphatic rings. The molecule has 0 spiro atoms. The molecule has 2 aromatic heterocycles. The Balaban J connectivity index is 2.19. The van der Waals surface area contributed by atoms with Gasteiger partial charge >= 0.3 is 5.97 Å². The van der Waals surface area contributed by atoms with Gasteiger partial charge in [0.25, 0.3) is 0 Å². The average Bonchev–Trinajstić information content (AvgIpc) is 2.74. The molecule has 33 heavy (non-hydrogen) atoms. The van der Waals surface area contributed by atoms with E-state index in [4.69, 9.17) is 4.74 Å². The van der Waals surface area contributed by atoms with Gasteiger partial charge in [-0.2, -0.15) is 4.98 Å². The van der Waals surface area contributed by atoms with E-state index in [0.717, 1.165) is 6.20 Å². The predicted octanol–water partition coefficient (Wildman–Crippen LogP) is 3.50. The molecular weight excluding hydrogens is 441 g/mol. The van der Waals surface area contributed by atoms with Crippen molar-refractivity contribution in [2.24, 2.45) is 5.92 Å². The molecule has 0 unspecified atom stereocenters. The van der Waals surface area contributed by atoms with Crippen LogP contribution < -0.4 is 10.2 Å². The number of benzene rings is 1. The molecule has 0 aliphatic carbocycles. The summed E-state index contributed by atoms with van der Waals surface area (Å²) >= 11 is 0. The summed E-state index contributed by atoms with van der Waals surface area (Å²) in [5.74, 6) is -4.62. The summed E-state index contributed by atoms with van der Waals surface area (Å²) < 4.78 is 48.0. The third-order valence-corrected chi connectivity index (χ3v) is 5.53. The van der Waals surface area contributed by atoms with Gasteiger partial charge in [0, 0.05) is 29.5 Å². The van der Waals surface area contributed by atoms with Crippen LogP contribution in [0.5, 0.6) is 5.88 Å². The summed E-state index contributed by atoms with van der Waals surface area (Å²) in [7, 11) is 1.33. The second-order valence-corrected chi connectivity index (χ2v) is 7.95. The highest BCUT2D eigenvalue weighted by Crippen LogP contribution is 2.27. The number of aliphatic hydroxyl groups excluding tert-OH is 1. The highest BCUT2D eigenvalue weighted by Gasteiger charge is 2.24. The van der Waals surface area contributed by atoms with Gasteiger partial charge in [-0.15, -0.1) is 0 Å². The molecule has 0 radical (unpaired) electrons. The van der Waals surface area contributed by atoms with E-state index in [1.807, 2.05) is 13.8 Å². The third kappa shape index (κ3) is 4.70. The van der Waals surface area contributed by atoms with Crippen molar-refractivity contribution in [1.82, 2.24) is 9.55 Å². The van der Waals surface area contributed by atoms with Crippen LogP contribution >= 0.6 is 0 Å². The van der Waals surface area contributed by atoms with Gasteiger partial charge in [-0.25, -0.2) is 18.0 Å². The van der Waals surface area contributed by atoms with Crippen LogP contribution in [0.4, 0.5) is 13.2 Å². The Morgan fingerprint density at radius 3 is 2.30 bits per heavy atom. The number of fused-ring (bicyclic) bond motifs is 1. The Labute approximate surface area is 187 Å². The average molecular weight is 464 g/mol. The Morgan fingerprint density at radius 2 is 1.79 bits per heavy atom. The van der Waals surface area contributed by atoms with Gasteiger partial charge in [-0.3, -0.25) is 4.79 Å². The second kappa shape index (κ2) is 9.62. The first-order valence-electron chi connectivity index (χ1n) is 10.2. The second-order valence-electron chi connectivity index (χ2n) is 7.95. The molecule has 0 saturated heterocycles. The number of hydrogen-bond donors (Lipinski definition) is 2.